The van der Waals surface area contributed by atoms with E-state index in [1.165, 1.54) is 0 Å². The number of halogens is 4. The maximum atomic E-state index is 12.3. The average molecular weight is 529 g/mol. The predicted octanol–water partition coefficient (Wildman–Crippen LogP) is -1.62. The molecule has 2 atom stereocenters. The van der Waals surface area contributed by atoms with Crippen LogP contribution in [0.2, 0.25) is 0 Å². The third kappa shape index (κ3) is 11.2. The van der Waals surface area contributed by atoms with Crippen LogP contribution in [0.15, 0.2) is 0 Å². The van der Waals surface area contributed by atoms with Gasteiger partial charge in [0, 0.05) is 58.9 Å². The molecule has 2 heterocycles. The van der Waals surface area contributed by atoms with Gasteiger partial charge in [-0.3, -0.25) is 14.4 Å². The molecule has 0 bridgehead atoms. The van der Waals surface area contributed by atoms with Crippen molar-refractivity contribution >= 4 is 67.3 Å². The Labute approximate surface area is 209 Å². The van der Waals surface area contributed by atoms with Crippen LogP contribution in [0.4, 0.5) is 0 Å². The van der Waals surface area contributed by atoms with Crippen molar-refractivity contribution in [1.29, 1.82) is 0 Å². The van der Waals surface area contributed by atoms with E-state index in [0.717, 1.165) is 26.2 Å². The summed E-state index contributed by atoms with van der Waals surface area (Å²) in [7, 11) is 4.01. The minimum atomic E-state index is -0.877. The first-order valence-corrected chi connectivity index (χ1v) is 9.50. The topological polar surface area (TPSA) is 128 Å². The number of likely N-dealkylation sites (N-methyl/N-ethyl adjacent to an activating group) is 2. The van der Waals surface area contributed by atoms with Crippen LogP contribution in [-0.4, -0.2) is 122 Å². The highest BCUT2D eigenvalue weighted by molar-refractivity contribution is 5.89. The number of carbonyl (C=O) groups is 3. The molecule has 5 N–H and O–H groups in total. The van der Waals surface area contributed by atoms with E-state index in [2.05, 4.69) is 15.1 Å². The van der Waals surface area contributed by atoms with Crippen LogP contribution in [0.5, 0.6) is 0 Å². The number of piperazine rings is 2. The molecule has 0 radical (unpaired) electrons. The molecule has 31 heavy (non-hydrogen) atoms. The number of nitrogens with two attached hydrogens (primary N) is 2. The van der Waals surface area contributed by atoms with Gasteiger partial charge in [-0.1, -0.05) is 0 Å². The summed E-state index contributed by atoms with van der Waals surface area (Å²) in [5, 5.41) is 2.63. The summed E-state index contributed by atoms with van der Waals surface area (Å²) in [5.74, 6) is -0.746. The lowest BCUT2D eigenvalue weighted by molar-refractivity contribution is -0.137. The van der Waals surface area contributed by atoms with Crippen molar-refractivity contribution in [2.24, 2.45) is 11.5 Å². The number of nitrogens with one attached hydrogen (secondary N) is 1. The first kappa shape index (κ1) is 35.0. The number of amides is 3. The average Bonchev–Trinajstić information content (AvgIpc) is 2.66. The Hall–Kier alpha value is -0.590. The van der Waals surface area contributed by atoms with Crippen molar-refractivity contribution in [3.8, 4) is 0 Å². The zero-order chi connectivity index (χ0) is 20.0. The molecule has 10 nitrogen and oxygen atoms in total. The third-order valence-electron chi connectivity index (χ3n) is 5.19. The van der Waals surface area contributed by atoms with Gasteiger partial charge in [0.15, 0.2) is 0 Å². The molecule has 0 saturated carbocycles. The largest absolute Gasteiger partial charge is 0.354 e. The van der Waals surface area contributed by atoms with Crippen LogP contribution in [0.25, 0.3) is 0 Å². The van der Waals surface area contributed by atoms with Gasteiger partial charge in [0.05, 0.1) is 12.5 Å². The molecule has 3 amide bonds. The van der Waals surface area contributed by atoms with Crippen molar-refractivity contribution in [3.05, 3.63) is 0 Å². The van der Waals surface area contributed by atoms with Crippen molar-refractivity contribution < 1.29 is 14.4 Å². The summed E-state index contributed by atoms with van der Waals surface area (Å²) in [5.41, 5.74) is 11.8. The van der Waals surface area contributed by atoms with Gasteiger partial charge in [-0.15, -0.1) is 49.6 Å². The van der Waals surface area contributed by atoms with Crippen LogP contribution in [0, 0.1) is 0 Å². The Bertz CT molecular complexity index is 546. The number of rotatable bonds is 6. The highest BCUT2D eigenvalue weighted by Crippen LogP contribution is 2.04. The van der Waals surface area contributed by atoms with E-state index in [-0.39, 0.29) is 80.3 Å². The molecule has 0 aromatic heterocycles. The van der Waals surface area contributed by atoms with Crippen molar-refractivity contribution in [2.75, 3.05) is 73.0 Å². The fourth-order valence-corrected chi connectivity index (χ4v) is 3.19. The maximum absolute atomic E-state index is 12.3. The summed E-state index contributed by atoms with van der Waals surface area (Å²) in [6, 6.07) is -1.67. The molecule has 0 aromatic carbocycles. The second kappa shape index (κ2) is 17.0. The van der Waals surface area contributed by atoms with Crippen LogP contribution in [0.3, 0.4) is 0 Å². The summed E-state index contributed by atoms with van der Waals surface area (Å²) in [4.78, 5) is 44.4. The predicted molar refractivity (Wildman–Crippen MR) is 131 cm³/mol. The molecule has 186 valence electrons. The summed E-state index contributed by atoms with van der Waals surface area (Å²) >= 11 is 0. The number of hydrogen-bond donors (Lipinski definition) is 3. The molecule has 2 aliphatic rings. The lowest BCUT2D eigenvalue weighted by Gasteiger charge is -2.34. The second-order valence-corrected chi connectivity index (χ2v) is 7.48. The van der Waals surface area contributed by atoms with Crippen LogP contribution in [-0.2, 0) is 14.4 Å². The first-order chi connectivity index (χ1) is 12.8. The minimum absolute atomic E-state index is 0. The summed E-state index contributed by atoms with van der Waals surface area (Å²) in [6.45, 7) is 5.79. The summed E-state index contributed by atoms with van der Waals surface area (Å²) in [6.07, 6.45) is -0.111. The zero-order valence-electron chi connectivity index (χ0n) is 18.0. The molecule has 2 saturated heterocycles. The van der Waals surface area contributed by atoms with Gasteiger partial charge < -0.3 is 36.4 Å². The SMILES string of the molecule is CN1CCN(C(=O)[C@@H](N)CNC(=O)C[C@H](N)C(=O)N2CCN(C)CC2)CC1.Cl.Cl.Cl.Cl. The Morgan fingerprint density at radius 2 is 1.06 bits per heavy atom. The van der Waals surface area contributed by atoms with E-state index in [0.29, 0.717) is 26.2 Å². The second-order valence-electron chi connectivity index (χ2n) is 7.48. The van der Waals surface area contributed by atoms with Gasteiger partial charge in [-0.25, -0.2) is 0 Å². The zero-order valence-corrected chi connectivity index (χ0v) is 21.3. The number of hydrogen-bond acceptors (Lipinski definition) is 7. The fourth-order valence-electron chi connectivity index (χ4n) is 3.19. The Morgan fingerprint density at radius 1 is 0.710 bits per heavy atom. The molecule has 0 unspecified atom stereocenters. The Balaban J connectivity index is -0.00000196. The van der Waals surface area contributed by atoms with E-state index in [1.54, 1.807) is 9.80 Å². The van der Waals surface area contributed by atoms with Gasteiger partial charge in [0.2, 0.25) is 17.7 Å². The van der Waals surface area contributed by atoms with E-state index in [9.17, 15) is 14.4 Å². The van der Waals surface area contributed by atoms with Gasteiger partial charge in [-0.05, 0) is 14.1 Å². The lowest BCUT2D eigenvalue weighted by atomic mass is 10.1. The van der Waals surface area contributed by atoms with E-state index in [4.69, 9.17) is 11.5 Å². The Morgan fingerprint density at radius 3 is 1.45 bits per heavy atom. The number of nitrogens with zero attached hydrogens (tertiary/aromatic N) is 4. The van der Waals surface area contributed by atoms with Crippen molar-refractivity contribution in [3.63, 3.8) is 0 Å². The van der Waals surface area contributed by atoms with Crippen molar-refractivity contribution in [1.82, 2.24) is 24.9 Å². The quantitative estimate of drug-likeness (QED) is 0.378. The van der Waals surface area contributed by atoms with E-state index in [1.807, 2.05) is 14.1 Å². The van der Waals surface area contributed by atoms with Gasteiger partial charge in [-0.2, -0.15) is 0 Å². The van der Waals surface area contributed by atoms with Crippen molar-refractivity contribution in [2.45, 2.75) is 18.5 Å². The summed E-state index contributed by atoms with van der Waals surface area (Å²) < 4.78 is 0. The Kier molecular flexibility index (Phi) is 19.2. The molecule has 2 aliphatic heterocycles. The highest BCUT2D eigenvalue weighted by atomic mass is 35.5. The minimum Gasteiger partial charge on any atom is -0.354 e. The fraction of sp³-hybridized carbons (Fsp3) is 0.824. The van der Waals surface area contributed by atoms with E-state index < -0.39 is 12.1 Å². The van der Waals surface area contributed by atoms with Crippen LogP contribution in [0.1, 0.15) is 6.42 Å². The van der Waals surface area contributed by atoms with E-state index >= 15 is 0 Å². The normalized spacial score (nSPS) is 18.8. The smallest absolute Gasteiger partial charge is 0.241 e. The number of carbonyl (C=O) groups excluding carboxylic acids is 3. The highest BCUT2D eigenvalue weighted by Gasteiger charge is 2.27. The molecular weight excluding hydrogens is 492 g/mol. The molecule has 14 heteroatoms. The molecule has 0 aromatic rings. The third-order valence-corrected chi connectivity index (χ3v) is 5.19. The van der Waals surface area contributed by atoms with Gasteiger partial charge >= 0.3 is 0 Å². The molecule has 0 spiro atoms. The molecule has 2 rings (SSSR count). The van der Waals surface area contributed by atoms with Crippen LogP contribution >= 0.6 is 49.6 Å². The van der Waals surface area contributed by atoms with Crippen LogP contribution < -0.4 is 16.8 Å². The maximum Gasteiger partial charge on any atom is 0.241 e. The molecular formula is C17H37Cl4N7O3. The molecule has 2 fully saturated rings. The monoisotopic (exact) mass is 527 g/mol. The first-order valence-electron chi connectivity index (χ1n) is 9.50. The standard InChI is InChI=1S/C17H33N7O3.4ClH/c1-21-3-7-23(8-4-21)16(26)13(18)11-15(25)20-12-14(19)17(27)24-9-5-22(2)6-10-24;;;;/h13-14H,3-12,18-19H2,1-2H3,(H,20,25);4*1H/t13-,14-;;;;/m0..../s1. The van der Waals surface area contributed by atoms with Gasteiger partial charge in [0.25, 0.3) is 0 Å². The lowest BCUT2D eigenvalue weighted by Crippen LogP contribution is -2.55. The molecule has 0 aliphatic carbocycles. The van der Waals surface area contributed by atoms with Gasteiger partial charge in [0.1, 0.15) is 6.04 Å².